The Morgan fingerprint density at radius 3 is 2.62 bits per heavy atom. The van der Waals surface area contributed by atoms with Crippen LogP contribution >= 0.6 is 0 Å². The van der Waals surface area contributed by atoms with E-state index in [4.69, 9.17) is 0 Å². The van der Waals surface area contributed by atoms with Gasteiger partial charge in [0.15, 0.2) is 0 Å². The molecular weight excluding hydrogens is 200 g/mol. The highest BCUT2D eigenvalue weighted by molar-refractivity contribution is 4.86. The van der Waals surface area contributed by atoms with Crippen LogP contribution in [0.3, 0.4) is 0 Å². The molecule has 2 N–H and O–H groups in total. The van der Waals surface area contributed by atoms with Gasteiger partial charge in [-0.15, -0.1) is 0 Å². The zero-order chi connectivity index (χ0) is 12.2. The molecule has 3 unspecified atom stereocenters. The second-order valence-electron chi connectivity index (χ2n) is 5.82. The molecule has 0 heterocycles. The van der Waals surface area contributed by atoms with Gasteiger partial charge in [-0.25, -0.2) is 0 Å². The summed E-state index contributed by atoms with van der Waals surface area (Å²) in [5.41, 5.74) is -0.621. The number of hydrogen-bond donors (Lipinski definition) is 2. The Morgan fingerprint density at radius 2 is 2.06 bits per heavy atom. The van der Waals surface area contributed by atoms with Crippen LogP contribution in [0.5, 0.6) is 0 Å². The van der Waals surface area contributed by atoms with E-state index in [9.17, 15) is 5.11 Å². The van der Waals surface area contributed by atoms with Gasteiger partial charge in [0.2, 0.25) is 0 Å². The summed E-state index contributed by atoms with van der Waals surface area (Å²) in [5.74, 6) is 0.815. The van der Waals surface area contributed by atoms with Crippen LogP contribution in [-0.2, 0) is 0 Å². The molecule has 3 nitrogen and oxygen atoms in total. The molecule has 1 aliphatic rings. The molecule has 1 fully saturated rings. The predicted octanol–water partition coefficient (Wildman–Crippen LogP) is 1.47. The number of likely N-dealkylation sites (N-methyl/N-ethyl adjacent to an activating group) is 1. The number of nitrogens with one attached hydrogen (secondary N) is 1. The molecule has 0 spiro atoms. The first-order valence-corrected chi connectivity index (χ1v) is 6.55. The van der Waals surface area contributed by atoms with Crippen molar-refractivity contribution in [3.8, 4) is 0 Å². The predicted molar refractivity (Wildman–Crippen MR) is 68.6 cm³/mol. The molecule has 0 saturated heterocycles. The van der Waals surface area contributed by atoms with Crippen molar-refractivity contribution in [1.29, 1.82) is 0 Å². The first-order valence-electron chi connectivity index (χ1n) is 6.55. The van der Waals surface area contributed by atoms with Crippen LogP contribution in [0.15, 0.2) is 0 Å². The fraction of sp³-hybridized carbons (Fsp3) is 1.00. The van der Waals surface area contributed by atoms with Crippen LogP contribution in [0.2, 0.25) is 0 Å². The Hall–Kier alpha value is -0.120. The molecule has 1 aliphatic carbocycles. The number of aliphatic hydroxyl groups is 1. The van der Waals surface area contributed by atoms with E-state index in [0.717, 1.165) is 5.92 Å². The van der Waals surface area contributed by atoms with E-state index in [0.29, 0.717) is 19.1 Å². The van der Waals surface area contributed by atoms with Crippen molar-refractivity contribution >= 4 is 0 Å². The van der Waals surface area contributed by atoms with Crippen LogP contribution < -0.4 is 5.32 Å². The van der Waals surface area contributed by atoms with Crippen LogP contribution in [0.25, 0.3) is 0 Å². The summed E-state index contributed by atoms with van der Waals surface area (Å²) >= 11 is 0. The Balaban J connectivity index is 2.32. The highest BCUT2D eigenvalue weighted by atomic mass is 16.3. The molecule has 0 aromatic carbocycles. The molecule has 3 atom stereocenters. The lowest BCUT2D eigenvalue weighted by Crippen LogP contribution is -2.48. The van der Waals surface area contributed by atoms with Gasteiger partial charge in [0.1, 0.15) is 0 Å². The fourth-order valence-corrected chi connectivity index (χ4v) is 2.88. The van der Waals surface area contributed by atoms with Gasteiger partial charge in [0.25, 0.3) is 0 Å². The SMILES string of the molecule is CCC1CCCC1NCC(C)(O)CN(C)C. The molecule has 0 aliphatic heterocycles. The summed E-state index contributed by atoms with van der Waals surface area (Å²) in [6, 6.07) is 0.624. The Bertz CT molecular complexity index is 204. The summed E-state index contributed by atoms with van der Waals surface area (Å²) in [6.45, 7) is 5.59. The molecule has 0 radical (unpaired) electrons. The monoisotopic (exact) mass is 228 g/mol. The number of rotatable bonds is 6. The first-order chi connectivity index (χ1) is 7.44. The molecule has 1 saturated carbocycles. The van der Waals surface area contributed by atoms with Crippen LogP contribution in [0.4, 0.5) is 0 Å². The topological polar surface area (TPSA) is 35.5 Å². The van der Waals surface area contributed by atoms with Gasteiger partial charge in [-0.3, -0.25) is 0 Å². The minimum atomic E-state index is -0.621. The second kappa shape index (κ2) is 5.99. The quantitative estimate of drug-likeness (QED) is 0.722. The zero-order valence-corrected chi connectivity index (χ0v) is 11.3. The van der Waals surface area contributed by atoms with Gasteiger partial charge in [0, 0.05) is 19.1 Å². The van der Waals surface area contributed by atoms with E-state index in [-0.39, 0.29) is 0 Å². The van der Waals surface area contributed by atoms with Crippen molar-refractivity contribution in [3.05, 3.63) is 0 Å². The number of nitrogens with zero attached hydrogens (tertiary/aromatic N) is 1. The second-order valence-corrected chi connectivity index (χ2v) is 5.82. The van der Waals surface area contributed by atoms with Crippen molar-refractivity contribution in [2.75, 3.05) is 27.2 Å². The molecule has 0 bridgehead atoms. The van der Waals surface area contributed by atoms with E-state index in [1.807, 2.05) is 25.9 Å². The van der Waals surface area contributed by atoms with Crippen LogP contribution in [0, 0.1) is 5.92 Å². The van der Waals surface area contributed by atoms with Gasteiger partial charge in [-0.05, 0) is 39.8 Å². The number of hydrogen-bond acceptors (Lipinski definition) is 3. The van der Waals surface area contributed by atoms with Crippen molar-refractivity contribution in [1.82, 2.24) is 10.2 Å². The maximum Gasteiger partial charge on any atom is 0.0869 e. The van der Waals surface area contributed by atoms with Gasteiger partial charge < -0.3 is 15.3 Å². The summed E-state index contributed by atoms with van der Waals surface area (Å²) in [5, 5.41) is 13.8. The van der Waals surface area contributed by atoms with Crippen LogP contribution in [0.1, 0.15) is 39.5 Å². The third kappa shape index (κ3) is 4.40. The lowest BCUT2D eigenvalue weighted by molar-refractivity contribution is 0.0301. The largest absolute Gasteiger partial charge is 0.388 e. The van der Waals surface area contributed by atoms with E-state index in [2.05, 4.69) is 12.2 Å². The van der Waals surface area contributed by atoms with Gasteiger partial charge in [-0.2, -0.15) is 0 Å². The van der Waals surface area contributed by atoms with E-state index in [1.165, 1.54) is 25.7 Å². The fourth-order valence-electron chi connectivity index (χ4n) is 2.88. The van der Waals surface area contributed by atoms with Crippen molar-refractivity contribution < 1.29 is 5.11 Å². The van der Waals surface area contributed by atoms with Crippen molar-refractivity contribution in [2.24, 2.45) is 5.92 Å². The Labute approximate surface area is 100 Å². The van der Waals surface area contributed by atoms with Crippen molar-refractivity contribution in [2.45, 2.75) is 51.2 Å². The van der Waals surface area contributed by atoms with Gasteiger partial charge in [0.05, 0.1) is 5.60 Å². The molecule has 16 heavy (non-hydrogen) atoms. The summed E-state index contributed by atoms with van der Waals surface area (Å²) in [4.78, 5) is 2.04. The lowest BCUT2D eigenvalue weighted by Gasteiger charge is -2.30. The molecule has 0 aromatic heterocycles. The molecule has 0 amide bonds. The highest BCUT2D eigenvalue weighted by Gasteiger charge is 2.28. The summed E-state index contributed by atoms with van der Waals surface area (Å²) in [6.07, 6.45) is 5.22. The average Bonchev–Trinajstić information content (AvgIpc) is 2.59. The summed E-state index contributed by atoms with van der Waals surface area (Å²) < 4.78 is 0. The minimum Gasteiger partial charge on any atom is -0.388 e. The van der Waals surface area contributed by atoms with E-state index in [1.54, 1.807) is 0 Å². The Morgan fingerprint density at radius 1 is 1.38 bits per heavy atom. The normalized spacial score (nSPS) is 29.6. The lowest BCUT2D eigenvalue weighted by atomic mass is 9.99. The van der Waals surface area contributed by atoms with Crippen molar-refractivity contribution in [3.63, 3.8) is 0 Å². The highest BCUT2D eigenvalue weighted by Crippen LogP contribution is 2.28. The summed E-state index contributed by atoms with van der Waals surface area (Å²) in [7, 11) is 4.00. The third-order valence-electron chi connectivity index (χ3n) is 3.59. The average molecular weight is 228 g/mol. The van der Waals surface area contributed by atoms with E-state index < -0.39 is 5.60 Å². The molecule has 1 rings (SSSR count). The van der Waals surface area contributed by atoms with Crippen LogP contribution in [-0.4, -0.2) is 48.8 Å². The molecule has 3 heteroatoms. The zero-order valence-electron chi connectivity index (χ0n) is 11.3. The maximum atomic E-state index is 10.2. The van der Waals surface area contributed by atoms with Gasteiger partial charge in [-0.1, -0.05) is 19.8 Å². The third-order valence-corrected chi connectivity index (χ3v) is 3.59. The molecule has 0 aromatic rings. The van der Waals surface area contributed by atoms with E-state index >= 15 is 0 Å². The smallest absolute Gasteiger partial charge is 0.0869 e. The van der Waals surface area contributed by atoms with Gasteiger partial charge >= 0.3 is 0 Å². The standard InChI is InChI=1S/C13H28N2O/c1-5-11-7-6-8-12(11)14-9-13(2,16)10-15(3)4/h11-12,14,16H,5-10H2,1-4H3. The Kier molecular flexibility index (Phi) is 5.22. The molecule has 96 valence electrons. The maximum absolute atomic E-state index is 10.2. The minimum absolute atomic E-state index is 0.621. The molecular formula is C13H28N2O. The first kappa shape index (κ1) is 13.9.